The van der Waals surface area contributed by atoms with Crippen LogP contribution in [-0.4, -0.2) is 13.2 Å². The molecule has 0 unspecified atom stereocenters. The molecule has 0 bridgehead atoms. The minimum absolute atomic E-state index is 0.155. The van der Waals surface area contributed by atoms with Crippen molar-refractivity contribution in [2.45, 2.75) is 25.9 Å². The van der Waals surface area contributed by atoms with E-state index in [1.54, 1.807) is 12.1 Å². The van der Waals surface area contributed by atoms with Crippen molar-refractivity contribution in [3.63, 3.8) is 0 Å². The van der Waals surface area contributed by atoms with E-state index in [9.17, 15) is 8.78 Å². The minimum atomic E-state index is -2.86. The van der Waals surface area contributed by atoms with Crippen LogP contribution in [0.15, 0.2) is 48.5 Å². The van der Waals surface area contributed by atoms with Crippen LogP contribution >= 0.6 is 0 Å². The van der Waals surface area contributed by atoms with Gasteiger partial charge in [-0.05, 0) is 30.4 Å². The van der Waals surface area contributed by atoms with Crippen molar-refractivity contribution in [2.24, 2.45) is 5.92 Å². The Labute approximate surface area is 128 Å². The van der Waals surface area contributed by atoms with Gasteiger partial charge in [-0.2, -0.15) is 8.78 Å². The zero-order valence-corrected chi connectivity index (χ0v) is 12.2. The van der Waals surface area contributed by atoms with E-state index in [4.69, 9.17) is 9.47 Å². The Morgan fingerprint density at radius 1 is 1.00 bits per heavy atom. The van der Waals surface area contributed by atoms with Crippen LogP contribution in [0, 0.1) is 5.92 Å². The van der Waals surface area contributed by atoms with Crippen LogP contribution in [0.25, 0.3) is 0 Å². The van der Waals surface area contributed by atoms with E-state index in [2.05, 4.69) is 0 Å². The van der Waals surface area contributed by atoms with Crippen LogP contribution in [0.4, 0.5) is 8.78 Å². The fourth-order valence-corrected chi connectivity index (χ4v) is 2.34. The first-order chi connectivity index (χ1) is 10.7. The van der Waals surface area contributed by atoms with Gasteiger partial charge in [0.25, 0.3) is 0 Å². The van der Waals surface area contributed by atoms with E-state index in [-0.39, 0.29) is 5.75 Å². The van der Waals surface area contributed by atoms with Crippen LogP contribution in [0.1, 0.15) is 24.0 Å². The number of hydrogen-bond acceptors (Lipinski definition) is 2. The average molecular weight is 304 g/mol. The van der Waals surface area contributed by atoms with Gasteiger partial charge in [0.1, 0.15) is 0 Å². The van der Waals surface area contributed by atoms with Gasteiger partial charge in [0.2, 0.25) is 0 Å². The monoisotopic (exact) mass is 304 g/mol. The summed E-state index contributed by atoms with van der Waals surface area (Å²) in [5, 5.41) is 0. The highest BCUT2D eigenvalue weighted by Crippen LogP contribution is 2.36. The number of halogens is 2. The molecule has 0 heterocycles. The third-order valence-corrected chi connectivity index (χ3v) is 3.68. The largest absolute Gasteiger partial charge is 0.489 e. The lowest BCUT2D eigenvalue weighted by Crippen LogP contribution is -2.08. The van der Waals surface area contributed by atoms with Gasteiger partial charge in [0.15, 0.2) is 11.5 Å². The third-order valence-electron chi connectivity index (χ3n) is 3.68. The Morgan fingerprint density at radius 2 is 1.77 bits per heavy atom. The standard InChI is InChI=1S/C18H18F2O2/c19-18(20)22-17-15(11-13-5-2-1-3-6-13)7-4-8-16(17)21-12-14-9-10-14/h1-8,14,18H,9-12H2. The Kier molecular flexibility index (Phi) is 4.56. The molecule has 4 heteroatoms. The predicted molar refractivity (Wildman–Crippen MR) is 80.5 cm³/mol. The third kappa shape index (κ3) is 3.97. The Balaban J connectivity index is 1.84. The first kappa shape index (κ1) is 14.8. The van der Waals surface area contributed by atoms with Gasteiger partial charge < -0.3 is 9.47 Å². The van der Waals surface area contributed by atoms with Gasteiger partial charge in [-0.3, -0.25) is 0 Å². The van der Waals surface area contributed by atoms with Crippen molar-refractivity contribution in [3.8, 4) is 11.5 Å². The molecule has 0 atom stereocenters. The van der Waals surface area contributed by atoms with Gasteiger partial charge in [0.05, 0.1) is 6.61 Å². The van der Waals surface area contributed by atoms with Gasteiger partial charge in [0, 0.05) is 12.0 Å². The number of rotatable bonds is 7. The lowest BCUT2D eigenvalue weighted by atomic mass is 10.0. The lowest BCUT2D eigenvalue weighted by Gasteiger charge is -2.16. The number of para-hydroxylation sites is 1. The van der Waals surface area contributed by atoms with E-state index in [0.29, 0.717) is 30.3 Å². The molecule has 2 aromatic rings. The Morgan fingerprint density at radius 3 is 2.45 bits per heavy atom. The zero-order chi connectivity index (χ0) is 15.4. The number of alkyl halides is 2. The summed E-state index contributed by atoms with van der Waals surface area (Å²) in [5.41, 5.74) is 1.75. The highest BCUT2D eigenvalue weighted by molar-refractivity contribution is 5.48. The molecule has 1 aliphatic carbocycles. The van der Waals surface area contributed by atoms with Crippen molar-refractivity contribution in [2.75, 3.05) is 6.61 Å². The summed E-state index contributed by atoms with van der Waals surface area (Å²) in [7, 11) is 0. The molecule has 2 nitrogen and oxygen atoms in total. The first-order valence-corrected chi connectivity index (χ1v) is 7.46. The second kappa shape index (κ2) is 6.77. The molecule has 0 radical (unpaired) electrons. The van der Waals surface area contributed by atoms with Crippen LogP contribution in [0.3, 0.4) is 0 Å². The van der Waals surface area contributed by atoms with Gasteiger partial charge in [-0.25, -0.2) is 0 Å². The average Bonchev–Trinajstić information content (AvgIpc) is 3.32. The predicted octanol–water partition coefficient (Wildman–Crippen LogP) is 4.67. The second-order valence-corrected chi connectivity index (χ2v) is 5.54. The number of benzene rings is 2. The molecule has 2 aromatic carbocycles. The molecule has 0 aliphatic heterocycles. The maximum atomic E-state index is 12.8. The minimum Gasteiger partial charge on any atom is -0.489 e. The van der Waals surface area contributed by atoms with Crippen molar-refractivity contribution >= 4 is 0 Å². The Hall–Kier alpha value is -2.10. The van der Waals surface area contributed by atoms with Gasteiger partial charge in [-0.15, -0.1) is 0 Å². The Bertz CT molecular complexity index is 610. The summed E-state index contributed by atoms with van der Waals surface area (Å²) >= 11 is 0. The van der Waals surface area contributed by atoms with Crippen molar-refractivity contribution in [1.82, 2.24) is 0 Å². The van der Waals surface area contributed by atoms with E-state index in [1.165, 1.54) is 0 Å². The highest BCUT2D eigenvalue weighted by atomic mass is 19.3. The summed E-state index contributed by atoms with van der Waals surface area (Å²) in [5.74, 6) is 1.11. The van der Waals surface area contributed by atoms with Crippen LogP contribution in [-0.2, 0) is 6.42 Å². The van der Waals surface area contributed by atoms with Gasteiger partial charge >= 0.3 is 6.61 Å². The summed E-state index contributed by atoms with van der Waals surface area (Å²) < 4.78 is 35.9. The molecule has 22 heavy (non-hydrogen) atoms. The number of ether oxygens (including phenoxy) is 2. The molecule has 1 saturated carbocycles. The fraction of sp³-hybridized carbons (Fsp3) is 0.333. The molecule has 3 rings (SSSR count). The normalized spacial score (nSPS) is 14.1. The zero-order valence-electron chi connectivity index (χ0n) is 12.2. The van der Waals surface area contributed by atoms with E-state index in [1.807, 2.05) is 36.4 Å². The van der Waals surface area contributed by atoms with Crippen LogP contribution < -0.4 is 9.47 Å². The molecular formula is C18H18F2O2. The van der Waals surface area contributed by atoms with Gasteiger partial charge in [-0.1, -0.05) is 42.5 Å². The SMILES string of the molecule is FC(F)Oc1c(Cc2ccccc2)cccc1OCC1CC1. The number of hydrogen-bond donors (Lipinski definition) is 0. The van der Waals surface area contributed by atoms with E-state index < -0.39 is 6.61 Å². The maximum absolute atomic E-state index is 12.8. The molecule has 0 aromatic heterocycles. The molecule has 0 saturated heterocycles. The summed E-state index contributed by atoms with van der Waals surface area (Å²) in [4.78, 5) is 0. The smallest absolute Gasteiger partial charge is 0.387 e. The fourth-order valence-electron chi connectivity index (χ4n) is 2.34. The van der Waals surface area contributed by atoms with E-state index >= 15 is 0 Å². The van der Waals surface area contributed by atoms with Crippen molar-refractivity contribution in [3.05, 3.63) is 59.7 Å². The molecular weight excluding hydrogens is 286 g/mol. The van der Waals surface area contributed by atoms with Crippen LogP contribution in [0.2, 0.25) is 0 Å². The molecule has 0 spiro atoms. The molecule has 1 fully saturated rings. The first-order valence-electron chi connectivity index (χ1n) is 7.46. The lowest BCUT2D eigenvalue weighted by molar-refractivity contribution is -0.0521. The summed E-state index contributed by atoms with van der Waals surface area (Å²) in [6.45, 7) is -2.30. The second-order valence-electron chi connectivity index (χ2n) is 5.54. The topological polar surface area (TPSA) is 18.5 Å². The van der Waals surface area contributed by atoms with Crippen molar-refractivity contribution in [1.29, 1.82) is 0 Å². The summed E-state index contributed by atoms with van der Waals surface area (Å²) in [6, 6.07) is 15.0. The quantitative estimate of drug-likeness (QED) is 0.740. The highest BCUT2D eigenvalue weighted by Gasteiger charge is 2.23. The van der Waals surface area contributed by atoms with Crippen molar-refractivity contribution < 1.29 is 18.3 Å². The van der Waals surface area contributed by atoms with Crippen LogP contribution in [0.5, 0.6) is 11.5 Å². The maximum Gasteiger partial charge on any atom is 0.387 e. The molecule has 116 valence electrons. The molecule has 0 N–H and O–H groups in total. The molecule has 0 amide bonds. The van der Waals surface area contributed by atoms with E-state index in [0.717, 1.165) is 18.4 Å². The summed E-state index contributed by atoms with van der Waals surface area (Å²) in [6.07, 6.45) is 2.83. The molecule has 1 aliphatic rings.